The van der Waals surface area contributed by atoms with Crippen molar-refractivity contribution in [3.8, 4) is 33.4 Å². The monoisotopic (exact) mass is 908 g/mol. The fourth-order valence-corrected chi connectivity index (χ4v) is 15.6. The Morgan fingerprint density at radius 2 is 1.00 bits per heavy atom. The van der Waals surface area contributed by atoms with Crippen molar-refractivity contribution in [2.75, 3.05) is 14.7 Å². The first-order chi connectivity index (χ1) is 34.0. The van der Waals surface area contributed by atoms with Gasteiger partial charge < -0.3 is 14.7 Å². The molecule has 0 radical (unpaired) electrons. The van der Waals surface area contributed by atoms with Crippen molar-refractivity contribution in [2.45, 2.75) is 115 Å². The topological polar surface area (TPSA) is 9.72 Å². The molecular weight excluding hydrogens is 846 g/mol. The van der Waals surface area contributed by atoms with Crippen molar-refractivity contribution >= 4 is 62.9 Å². The minimum Gasteiger partial charge on any atom is -0.335 e. The number of nitrogens with zero attached hydrogens (tertiary/aromatic N) is 3. The molecule has 6 aliphatic rings. The van der Waals surface area contributed by atoms with Crippen LogP contribution >= 0.6 is 0 Å². The number of hydrogen-bond acceptors (Lipinski definition) is 3. The molecule has 4 unspecified atom stereocenters. The van der Waals surface area contributed by atoms with Gasteiger partial charge in [0.25, 0.3) is 6.71 Å². The molecule has 2 fully saturated rings. The van der Waals surface area contributed by atoms with E-state index < -0.39 is 0 Å². The quantitative estimate of drug-likeness (QED) is 0.159. The van der Waals surface area contributed by atoms with Crippen LogP contribution in [-0.4, -0.2) is 17.8 Å². The summed E-state index contributed by atoms with van der Waals surface area (Å²) in [6.07, 6.45) is 9.70. The fraction of sp³-hybridized carbons (Fsp3) is 0.273. The van der Waals surface area contributed by atoms with Crippen molar-refractivity contribution < 1.29 is 0 Å². The average molecular weight is 908 g/mol. The Balaban J connectivity index is 1.12. The van der Waals surface area contributed by atoms with E-state index in [4.69, 9.17) is 0 Å². The van der Waals surface area contributed by atoms with Gasteiger partial charge in [0.15, 0.2) is 0 Å². The zero-order valence-corrected chi connectivity index (χ0v) is 41.7. The molecule has 3 nitrogen and oxygen atoms in total. The number of anilines is 7. The molecule has 2 aliphatic carbocycles. The SMILES string of the molecule is Cc1cc(C)c2c(c1)N(c1cc3c4c(c1)N1c5c(cc(-c6ccccc6)cc5C5(C)CCCCC15C)B4c1ccc(-c4ccccc4)cc1N3c1cccc(-c3ccccc3)c1)C1(C)CCCCC21C. The van der Waals surface area contributed by atoms with Gasteiger partial charge in [0.2, 0.25) is 0 Å². The number of fused-ring (bicyclic) bond motifs is 10. The molecule has 8 aromatic carbocycles. The van der Waals surface area contributed by atoms with Gasteiger partial charge in [-0.25, -0.2) is 0 Å². The Kier molecular flexibility index (Phi) is 8.95. The lowest BCUT2D eigenvalue weighted by Crippen LogP contribution is -2.64. The van der Waals surface area contributed by atoms with Crippen LogP contribution in [0, 0.1) is 13.8 Å². The highest BCUT2D eigenvalue weighted by Gasteiger charge is 2.63. The summed E-state index contributed by atoms with van der Waals surface area (Å²) in [7, 11) is 0. The second-order valence-electron chi connectivity index (χ2n) is 22.8. The van der Waals surface area contributed by atoms with E-state index >= 15 is 0 Å². The number of rotatable bonds is 5. The molecule has 0 N–H and O–H groups in total. The van der Waals surface area contributed by atoms with Gasteiger partial charge in [0.05, 0.1) is 11.1 Å². The van der Waals surface area contributed by atoms with Crippen molar-refractivity contribution in [3.05, 3.63) is 192 Å². The first kappa shape index (κ1) is 42.1. The standard InChI is InChI=1S/C66H62BN3/c1-43-35-44(2)60-57(36-43)69(66(6)34-19-17-32-64(60,66)4)52-41-58-61-59(42-52)70-62-53(63(3)31-16-18-33-65(63,70)5)38-50(47-25-14-9-15-26-47)39-55(62)67(61)54-30-29-49(46-23-12-8-13-24-46)40-56(54)68(58)51-28-20-27-48(37-51)45-21-10-7-11-22-45/h7-15,20-30,35-42H,16-19,31-34H2,1-6H3. The Morgan fingerprint density at radius 3 is 1.69 bits per heavy atom. The molecule has 4 atom stereocenters. The molecule has 0 bridgehead atoms. The van der Waals surface area contributed by atoms with Gasteiger partial charge in [0.1, 0.15) is 0 Å². The predicted octanol–water partition coefficient (Wildman–Crippen LogP) is 15.4. The van der Waals surface area contributed by atoms with E-state index in [1.54, 1.807) is 5.56 Å². The summed E-state index contributed by atoms with van der Waals surface area (Å²) in [5.41, 5.74) is 26.8. The maximum atomic E-state index is 2.94. The average Bonchev–Trinajstić information content (AvgIpc) is 3.73. The molecule has 14 rings (SSSR count). The maximum absolute atomic E-state index is 2.94. The molecule has 70 heavy (non-hydrogen) atoms. The molecule has 8 aromatic rings. The highest BCUT2D eigenvalue weighted by atomic mass is 15.3. The Hall–Kier alpha value is -6.78. The van der Waals surface area contributed by atoms with Crippen LogP contribution in [0.5, 0.6) is 0 Å². The van der Waals surface area contributed by atoms with Gasteiger partial charge in [-0.1, -0.05) is 167 Å². The molecule has 2 saturated carbocycles. The summed E-state index contributed by atoms with van der Waals surface area (Å²) in [6.45, 7) is 15.2. The third-order valence-electron chi connectivity index (χ3n) is 19.2. The summed E-state index contributed by atoms with van der Waals surface area (Å²) in [4.78, 5) is 8.49. The van der Waals surface area contributed by atoms with E-state index in [1.807, 2.05) is 0 Å². The second-order valence-corrected chi connectivity index (χ2v) is 22.8. The largest absolute Gasteiger partial charge is 0.335 e. The molecule has 0 amide bonds. The lowest BCUT2D eigenvalue weighted by atomic mass is 9.33. The van der Waals surface area contributed by atoms with Crippen molar-refractivity contribution in [1.82, 2.24) is 0 Å². The number of hydrogen-bond donors (Lipinski definition) is 0. The van der Waals surface area contributed by atoms with E-state index in [0.29, 0.717) is 0 Å². The van der Waals surface area contributed by atoms with E-state index in [-0.39, 0.29) is 28.6 Å². The minimum atomic E-state index is -0.121. The summed E-state index contributed by atoms with van der Waals surface area (Å²) < 4.78 is 0. The van der Waals surface area contributed by atoms with Crippen LogP contribution in [0.4, 0.5) is 39.8 Å². The zero-order valence-electron chi connectivity index (χ0n) is 41.7. The van der Waals surface area contributed by atoms with Crippen molar-refractivity contribution in [3.63, 3.8) is 0 Å². The Labute approximate surface area is 415 Å². The highest BCUT2D eigenvalue weighted by molar-refractivity contribution is 7.00. The third-order valence-corrected chi connectivity index (χ3v) is 19.2. The Morgan fingerprint density at radius 1 is 0.414 bits per heavy atom. The minimum absolute atomic E-state index is 0.0180. The number of benzene rings is 8. The maximum Gasteiger partial charge on any atom is 0.252 e. The molecule has 4 aliphatic heterocycles. The molecule has 4 heteroatoms. The second kappa shape index (κ2) is 14.9. The molecule has 0 saturated heterocycles. The van der Waals surface area contributed by atoms with Gasteiger partial charge in [-0.2, -0.15) is 0 Å². The van der Waals surface area contributed by atoms with Crippen molar-refractivity contribution in [1.29, 1.82) is 0 Å². The fourth-order valence-electron chi connectivity index (χ4n) is 15.6. The molecule has 0 spiro atoms. The van der Waals surface area contributed by atoms with Crippen LogP contribution in [0.3, 0.4) is 0 Å². The predicted molar refractivity (Wildman–Crippen MR) is 297 cm³/mol. The van der Waals surface area contributed by atoms with Crippen LogP contribution < -0.4 is 31.1 Å². The van der Waals surface area contributed by atoms with E-state index in [0.717, 1.165) is 12.8 Å². The van der Waals surface area contributed by atoms with Crippen molar-refractivity contribution in [2.24, 2.45) is 0 Å². The molecule has 344 valence electrons. The van der Waals surface area contributed by atoms with Gasteiger partial charge in [-0.05, 0) is 168 Å². The third kappa shape index (κ3) is 5.54. The van der Waals surface area contributed by atoms with Gasteiger partial charge in [-0.3, -0.25) is 0 Å². The highest BCUT2D eigenvalue weighted by Crippen LogP contribution is 2.65. The van der Waals surface area contributed by atoms with E-state index in [1.165, 1.54) is 145 Å². The molecule has 4 heterocycles. The van der Waals surface area contributed by atoms with Gasteiger partial charge in [-0.15, -0.1) is 0 Å². The smallest absolute Gasteiger partial charge is 0.252 e. The molecular formula is C66H62BN3. The zero-order chi connectivity index (χ0) is 47.3. The van der Waals surface area contributed by atoms with E-state index in [9.17, 15) is 0 Å². The Bertz CT molecular complexity index is 3460. The first-order valence-electron chi connectivity index (χ1n) is 26.3. The summed E-state index contributed by atoms with van der Waals surface area (Å²) in [5, 5.41) is 0. The lowest BCUT2D eigenvalue weighted by Gasteiger charge is -2.53. The molecule has 0 aromatic heterocycles. The normalized spacial score (nSPS) is 24.4. The van der Waals surface area contributed by atoms with Gasteiger partial charge >= 0.3 is 0 Å². The van der Waals surface area contributed by atoms with E-state index in [2.05, 4.69) is 226 Å². The number of aryl methyl sites for hydroxylation is 2. The summed E-state index contributed by atoms with van der Waals surface area (Å²) in [5.74, 6) is 0. The van der Waals surface area contributed by atoms with Crippen LogP contribution in [0.1, 0.15) is 101 Å². The van der Waals surface area contributed by atoms with Crippen LogP contribution in [-0.2, 0) is 10.8 Å². The van der Waals surface area contributed by atoms with Crippen LogP contribution in [0.25, 0.3) is 33.4 Å². The first-order valence-corrected chi connectivity index (χ1v) is 26.3. The summed E-state index contributed by atoms with van der Waals surface area (Å²) in [6, 6.07) is 65.5. The van der Waals surface area contributed by atoms with Gasteiger partial charge in [0, 0.05) is 50.6 Å². The van der Waals surface area contributed by atoms with Crippen LogP contribution in [0.2, 0.25) is 0 Å². The lowest BCUT2D eigenvalue weighted by molar-refractivity contribution is 0.193. The van der Waals surface area contributed by atoms with Crippen LogP contribution in [0.15, 0.2) is 170 Å². The summed E-state index contributed by atoms with van der Waals surface area (Å²) >= 11 is 0.